The number of rotatable bonds is 5. The molecule has 0 bridgehead atoms. The van der Waals surface area contributed by atoms with Gasteiger partial charge in [0, 0.05) is 13.8 Å². The van der Waals surface area contributed by atoms with Gasteiger partial charge in [0.1, 0.15) is 0 Å². The van der Waals surface area contributed by atoms with Crippen LogP contribution in [0.1, 0.15) is 13.8 Å². The minimum absolute atomic E-state index is 0.904. The first-order valence-corrected chi connectivity index (χ1v) is 4.44. The zero-order chi connectivity index (χ0) is 13.6. The summed E-state index contributed by atoms with van der Waals surface area (Å²) < 4.78 is 13.1. The van der Waals surface area contributed by atoms with E-state index in [1.165, 1.54) is 0 Å². The van der Waals surface area contributed by atoms with Gasteiger partial charge < -0.3 is 19.3 Å². The van der Waals surface area contributed by atoms with Gasteiger partial charge in [-0.2, -0.15) is 0 Å². The highest BCUT2D eigenvalue weighted by Crippen LogP contribution is 2.08. The van der Waals surface area contributed by atoms with Crippen LogP contribution < -0.4 is 0 Å². The molecule has 0 amide bonds. The molecule has 0 radical (unpaired) electrons. The molecule has 0 unspecified atom stereocenters. The van der Waals surface area contributed by atoms with Crippen LogP contribution >= 0.6 is 0 Å². The number of carboxylic acid groups (broad SMARTS) is 1. The fourth-order valence-corrected chi connectivity index (χ4v) is 0.949. The van der Waals surface area contributed by atoms with E-state index in [2.05, 4.69) is 14.2 Å². The number of esters is 3. The molecular weight excluding hydrogens is 236 g/mol. The largest absolute Gasteiger partial charge is 0.478 e. The molecule has 17 heavy (non-hydrogen) atoms. The Kier molecular flexibility index (Phi) is 5.65. The average Bonchev–Trinajstić information content (AvgIpc) is 2.21. The number of ether oxygens (including phenoxy) is 3. The van der Waals surface area contributed by atoms with Crippen LogP contribution in [-0.2, 0) is 33.4 Å². The molecule has 0 fully saturated rings. The summed E-state index contributed by atoms with van der Waals surface area (Å²) in [6.07, 6.45) is -3.78. The van der Waals surface area contributed by atoms with E-state index in [0.717, 1.165) is 21.0 Å². The fourth-order valence-electron chi connectivity index (χ4n) is 0.949. The van der Waals surface area contributed by atoms with Crippen LogP contribution in [0.5, 0.6) is 0 Å². The van der Waals surface area contributed by atoms with Crippen molar-refractivity contribution < 1.29 is 38.5 Å². The minimum atomic E-state index is -1.94. The second-order valence-electron chi connectivity index (χ2n) is 2.92. The van der Waals surface area contributed by atoms with Gasteiger partial charge in [-0.15, -0.1) is 0 Å². The van der Waals surface area contributed by atoms with Crippen molar-refractivity contribution in [1.82, 2.24) is 0 Å². The van der Waals surface area contributed by atoms with Crippen molar-refractivity contribution in [2.45, 2.75) is 26.1 Å². The third-order valence-electron chi connectivity index (χ3n) is 1.54. The first-order valence-electron chi connectivity index (χ1n) is 4.44. The summed E-state index contributed by atoms with van der Waals surface area (Å²) in [4.78, 5) is 43.4. The lowest BCUT2D eigenvalue weighted by atomic mass is 10.2. The Balaban J connectivity index is 5.05. The summed E-state index contributed by atoms with van der Waals surface area (Å²) in [7, 11) is 0.978. The lowest BCUT2D eigenvalue weighted by molar-refractivity contribution is -0.187. The lowest BCUT2D eigenvalue weighted by Crippen LogP contribution is -2.45. The van der Waals surface area contributed by atoms with E-state index in [-0.39, 0.29) is 0 Å². The molecule has 0 spiro atoms. The lowest BCUT2D eigenvalue weighted by Gasteiger charge is -2.20. The van der Waals surface area contributed by atoms with Crippen LogP contribution in [0.2, 0.25) is 0 Å². The van der Waals surface area contributed by atoms with Crippen molar-refractivity contribution in [2.75, 3.05) is 7.11 Å². The maximum absolute atomic E-state index is 11.2. The van der Waals surface area contributed by atoms with E-state index in [1.54, 1.807) is 0 Å². The predicted octanol–water partition coefficient (Wildman–Crippen LogP) is -0.893. The number of methoxy groups -OCH3 is 1. The Morgan fingerprint density at radius 2 is 1.35 bits per heavy atom. The van der Waals surface area contributed by atoms with Crippen LogP contribution in [0.3, 0.4) is 0 Å². The molecular formula is C9H12O8. The Morgan fingerprint density at radius 1 is 0.941 bits per heavy atom. The van der Waals surface area contributed by atoms with Crippen molar-refractivity contribution in [1.29, 1.82) is 0 Å². The summed E-state index contributed by atoms with van der Waals surface area (Å²) in [5, 5.41) is 8.77. The van der Waals surface area contributed by atoms with Crippen molar-refractivity contribution >= 4 is 23.9 Å². The van der Waals surface area contributed by atoms with E-state index in [0.29, 0.717) is 0 Å². The van der Waals surface area contributed by atoms with Gasteiger partial charge in [0.05, 0.1) is 7.11 Å². The highest BCUT2D eigenvalue weighted by Gasteiger charge is 2.40. The minimum Gasteiger partial charge on any atom is -0.478 e. The normalized spacial score (nSPS) is 13.1. The van der Waals surface area contributed by atoms with Crippen LogP contribution in [0.25, 0.3) is 0 Å². The maximum atomic E-state index is 11.2. The Morgan fingerprint density at radius 3 is 1.65 bits per heavy atom. The van der Waals surface area contributed by atoms with Crippen molar-refractivity contribution in [3.05, 3.63) is 0 Å². The maximum Gasteiger partial charge on any atom is 0.351 e. The summed E-state index contributed by atoms with van der Waals surface area (Å²) in [5.41, 5.74) is 0. The SMILES string of the molecule is COC(=O)[C@H](OC(C)=O)[C@H](OC(C)=O)C(=O)O. The molecule has 8 heteroatoms. The molecule has 0 aromatic carbocycles. The van der Waals surface area contributed by atoms with Crippen molar-refractivity contribution in [3.8, 4) is 0 Å². The third kappa shape index (κ3) is 4.96. The Hall–Kier alpha value is -2.12. The molecule has 0 heterocycles. The van der Waals surface area contributed by atoms with Gasteiger partial charge in [0.15, 0.2) is 0 Å². The molecule has 0 aromatic heterocycles. The average molecular weight is 248 g/mol. The van der Waals surface area contributed by atoms with E-state index in [9.17, 15) is 19.2 Å². The van der Waals surface area contributed by atoms with Crippen LogP contribution in [0.4, 0.5) is 0 Å². The summed E-state index contributed by atoms with van der Waals surface area (Å²) in [6.45, 7) is 1.93. The summed E-state index contributed by atoms with van der Waals surface area (Å²) >= 11 is 0. The van der Waals surface area contributed by atoms with Gasteiger partial charge in [-0.1, -0.05) is 0 Å². The van der Waals surface area contributed by atoms with Gasteiger partial charge >= 0.3 is 23.9 Å². The molecule has 2 atom stereocenters. The van der Waals surface area contributed by atoms with Crippen LogP contribution in [-0.4, -0.2) is 48.3 Å². The molecule has 96 valence electrons. The topological polar surface area (TPSA) is 116 Å². The number of carbonyl (C=O) groups excluding carboxylic acids is 3. The third-order valence-corrected chi connectivity index (χ3v) is 1.54. The van der Waals surface area contributed by atoms with Gasteiger partial charge in [-0.05, 0) is 0 Å². The molecule has 0 aliphatic heterocycles. The van der Waals surface area contributed by atoms with Crippen molar-refractivity contribution in [3.63, 3.8) is 0 Å². The molecule has 0 saturated carbocycles. The fraction of sp³-hybridized carbons (Fsp3) is 0.556. The number of aliphatic carboxylic acids is 1. The monoisotopic (exact) mass is 248 g/mol. The number of hydrogen-bond donors (Lipinski definition) is 1. The van der Waals surface area contributed by atoms with E-state index in [4.69, 9.17) is 5.11 Å². The van der Waals surface area contributed by atoms with Gasteiger partial charge in [-0.25, -0.2) is 9.59 Å². The number of carboxylic acids is 1. The standard InChI is InChI=1S/C9H12O8/c1-4(10)16-6(8(12)13)7(9(14)15-3)17-5(2)11/h6-7H,1-3H3,(H,12,13)/t6-,7+/m0/s1. The molecule has 0 aliphatic rings. The highest BCUT2D eigenvalue weighted by atomic mass is 16.6. The molecule has 0 rings (SSSR count). The predicted molar refractivity (Wildman–Crippen MR) is 50.8 cm³/mol. The second-order valence-corrected chi connectivity index (χ2v) is 2.92. The quantitative estimate of drug-likeness (QED) is 0.491. The second kappa shape index (κ2) is 6.46. The van der Waals surface area contributed by atoms with Gasteiger partial charge in [0.2, 0.25) is 12.2 Å². The highest BCUT2D eigenvalue weighted by molar-refractivity contribution is 5.88. The van der Waals surface area contributed by atoms with E-state index < -0.39 is 36.1 Å². The zero-order valence-electron chi connectivity index (χ0n) is 9.46. The molecule has 0 aromatic rings. The van der Waals surface area contributed by atoms with E-state index >= 15 is 0 Å². The summed E-state index contributed by atoms with van der Waals surface area (Å²) in [6, 6.07) is 0. The van der Waals surface area contributed by atoms with Gasteiger partial charge in [0.25, 0.3) is 0 Å². The summed E-state index contributed by atoms with van der Waals surface area (Å²) in [5.74, 6) is -4.59. The number of hydrogen-bond acceptors (Lipinski definition) is 7. The first-order chi connectivity index (χ1) is 7.79. The smallest absolute Gasteiger partial charge is 0.351 e. The van der Waals surface area contributed by atoms with Crippen LogP contribution in [0.15, 0.2) is 0 Å². The first kappa shape index (κ1) is 14.9. The Bertz CT molecular complexity index is 334. The van der Waals surface area contributed by atoms with Crippen LogP contribution in [0, 0.1) is 0 Å². The van der Waals surface area contributed by atoms with Crippen molar-refractivity contribution in [2.24, 2.45) is 0 Å². The Labute approximate surface area is 96.4 Å². The molecule has 0 saturated heterocycles. The van der Waals surface area contributed by atoms with E-state index in [1.807, 2.05) is 0 Å². The van der Waals surface area contributed by atoms with Gasteiger partial charge in [-0.3, -0.25) is 9.59 Å². The number of carbonyl (C=O) groups is 4. The molecule has 0 aliphatic carbocycles. The molecule has 8 nitrogen and oxygen atoms in total. The molecule has 1 N–H and O–H groups in total. The zero-order valence-corrected chi connectivity index (χ0v) is 9.46.